The summed E-state index contributed by atoms with van der Waals surface area (Å²) in [6.07, 6.45) is 44.2. The molecule has 2 heterocycles. The second-order valence-corrected chi connectivity index (χ2v) is 29.8. The summed E-state index contributed by atoms with van der Waals surface area (Å²) in [5, 5.41) is 0.816. The van der Waals surface area contributed by atoms with Gasteiger partial charge in [0.2, 0.25) is 0 Å². The van der Waals surface area contributed by atoms with Gasteiger partial charge in [-0.2, -0.15) is 19.6 Å². The Bertz CT molecular complexity index is 1520. The van der Waals surface area contributed by atoms with E-state index in [1.165, 1.54) is 328 Å². The number of nitrogens with zero attached hydrogens (tertiary/aromatic N) is 6. The number of hydrogen-bond acceptors (Lipinski definition) is 6. The number of rotatable bonds is 48. The maximum absolute atomic E-state index is 5.63. The van der Waals surface area contributed by atoms with Crippen molar-refractivity contribution in [3.8, 4) is 0 Å². The fraction of sp³-hybridized carbons (Fsp3) is 0.865. The van der Waals surface area contributed by atoms with Crippen LogP contribution >= 0.6 is 69.6 Å². The Labute approximate surface area is 630 Å². The quantitative estimate of drug-likeness (QED) is 0.0284. The third-order valence-electron chi connectivity index (χ3n) is 17.7. The minimum Gasteiger partial charge on any atom is -0.779 e. The summed E-state index contributed by atoms with van der Waals surface area (Å²) in [7, 11) is 0. The van der Waals surface area contributed by atoms with Gasteiger partial charge in [0.25, 0.3) is 0 Å². The molecule has 546 valence electrons. The zero-order valence-corrected chi connectivity index (χ0v) is 70.6. The molecular formula is C74H144Cl6N6NiS4. The minimum absolute atomic E-state index is 0. The molecule has 0 radical (unpaired) electrons. The molecule has 0 aliphatic carbocycles. The Morgan fingerprint density at radius 1 is 0.209 bits per heavy atom. The average Bonchev–Trinajstić information content (AvgIpc) is 1.48. The third-order valence-corrected chi connectivity index (χ3v) is 22.1. The standard InChI is InChI=1S/4C16H36N.2C5H2Cl3NS2.Ni/c4*1-5-9-13-17(14-10-6-2,15-11-7-3)16-12-8-4;2*6-1-2(10)3(11)5(8)9-4(1)7;/h4*5-16H2,1-4H3;2*11H,(H,9,10);/q4*+1;;;/p-4. The van der Waals surface area contributed by atoms with Crippen molar-refractivity contribution in [1.29, 1.82) is 0 Å². The second kappa shape index (κ2) is 67.1. The van der Waals surface area contributed by atoms with E-state index in [0.717, 1.165) is 0 Å². The first-order valence-corrected chi connectivity index (χ1v) is 41.1. The smallest absolute Gasteiger partial charge is 0.147 e. The van der Waals surface area contributed by atoms with Crippen LogP contribution in [0.2, 0.25) is 30.7 Å². The van der Waals surface area contributed by atoms with E-state index in [4.69, 9.17) is 120 Å². The second-order valence-electron chi connectivity index (χ2n) is 25.9. The summed E-state index contributed by atoms with van der Waals surface area (Å²) < 4.78 is 5.68. The van der Waals surface area contributed by atoms with Gasteiger partial charge in [-0.25, -0.2) is 9.97 Å². The van der Waals surface area contributed by atoms with Crippen LogP contribution in [0.3, 0.4) is 0 Å². The summed E-state index contributed by atoms with van der Waals surface area (Å²) in [6, 6.07) is 0. The van der Waals surface area contributed by atoms with E-state index in [1.54, 1.807) is 0 Å². The Morgan fingerprint density at radius 2 is 0.319 bits per heavy atom. The van der Waals surface area contributed by atoms with Crippen molar-refractivity contribution in [1.82, 2.24) is 9.97 Å². The van der Waals surface area contributed by atoms with Gasteiger partial charge in [0, 0.05) is 16.5 Å². The molecular weight excluding hydrogens is 1370 g/mol. The molecule has 0 N–H and O–H groups in total. The van der Waals surface area contributed by atoms with Gasteiger partial charge in [-0.05, 0) is 103 Å². The molecule has 0 amide bonds. The predicted octanol–water partition coefficient (Wildman–Crippen LogP) is 25.7. The normalized spacial score (nSPS) is 11.4. The first-order chi connectivity index (χ1) is 43.0. The first kappa shape index (κ1) is 101. The summed E-state index contributed by atoms with van der Waals surface area (Å²) >= 11 is 52.7. The van der Waals surface area contributed by atoms with Crippen LogP contribution in [0.25, 0.3) is 0 Å². The molecule has 0 atom stereocenters. The maximum Gasteiger partial charge on any atom is 0.147 e. The monoisotopic (exact) mass is 1510 g/mol. The van der Waals surface area contributed by atoms with Crippen LogP contribution in [0.15, 0.2) is 19.6 Å². The van der Waals surface area contributed by atoms with Crippen molar-refractivity contribution >= 4 is 120 Å². The van der Waals surface area contributed by atoms with Crippen molar-refractivity contribution in [3.05, 3.63) is 30.7 Å². The van der Waals surface area contributed by atoms with Gasteiger partial charge in [0.1, 0.15) is 20.6 Å². The number of unbranched alkanes of at least 4 members (excludes halogenated alkanes) is 16. The molecule has 2 aromatic rings. The number of pyridine rings is 2. The number of quaternary nitrogens is 4. The van der Waals surface area contributed by atoms with Crippen LogP contribution < -0.4 is 0 Å². The molecule has 2 aromatic heterocycles. The molecule has 2 rings (SSSR count). The average molecular weight is 1520 g/mol. The Kier molecular flexibility index (Phi) is 74.4. The molecule has 0 aliphatic rings. The molecule has 0 spiro atoms. The van der Waals surface area contributed by atoms with E-state index in [0.29, 0.717) is 0 Å². The van der Waals surface area contributed by atoms with E-state index in [1.807, 2.05) is 0 Å². The van der Waals surface area contributed by atoms with Crippen molar-refractivity contribution < 1.29 is 34.4 Å². The first-order valence-electron chi connectivity index (χ1n) is 37.2. The van der Waals surface area contributed by atoms with Gasteiger partial charge in [-0.3, -0.25) is 0 Å². The molecule has 6 nitrogen and oxygen atoms in total. The fourth-order valence-electron chi connectivity index (χ4n) is 11.5. The van der Waals surface area contributed by atoms with E-state index >= 15 is 0 Å². The molecule has 0 aliphatic heterocycles. The largest absolute Gasteiger partial charge is 0.779 e. The number of halogens is 6. The van der Waals surface area contributed by atoms with Crippen LogP contribution in [0.1, 0.15) is 316 Å². The van der Waals surface area contributed by atoms with Crippen LogP contribution in [-0.2, 0) is 67.0 Å². The van der Waals surface area contributed by atoms with Gasteiger partial charge in [0.05, 0.1) is 115 Å². The van der Waals surface area contributed by atoms with Gasteiger partial charge in [0.15, 0.2) is 0 Å². The van der Waals surface area contributed by atoms with E-state index in [9.17, 15) is 0 Å². The zero-order chi connectivity index (χ0) is 69.1. The zero-order valence-electron chi connectivity index (χ0n) is 61.8. The predicted molar refractivity (Wildman–Crippen MR) is 418 cm³/mol. The van der Waals surface area contributed by atoms with E-state index in [-0.39, 0.29) is 66.7 Å². The van der Waals surface area contributed by atoms with E-state index < -0.39 is 0 Å². The summed E-state index contributed by atoms with van der Waals surface area (Å²) in [5.74, 6) is 0. The van der Waals surface area contributed by atoms with Crippen molar-refractivity contribution in [2.24, 2.45) is 0 Å². The fourth-order valence-corrected chi connectivity index (χ4v) is 13.6. The van der Waals surface area contributed by atoms with Crippen molar-refractivity contribution in [3.63, 3.8) is 0 Å². The molecule has 0 fully saturated rings. The van der Waals surface area contributed by atoms with Crippen LogP contribution in [0.5, 0.6) is 0 Å². The van der Waals surface area contributed by atoms with Crippen LogP contribution in [0, 0.1) is 0 Å². The van der Waals surface area contributed by atoms with E-state index in [2.05, 4.69) is 121 Å². The van der Waals surface area contributed by atoms with Crippen LogP contribution in [-0.4, -0.2) is 133 Å². The van der Waals surface area contributed by atoms with Crippen molar-refractivity contribution in [2.75, 3.05) is 105 Å². The van der Waals surface area contributed by atoms with Gasteiger partial charge in [-0.1, -0.05) is 283 Å². The van der Waals surface area contributed by atoms with Gasteiger partial charge < -0.3 is 68.4 Å². The topological polar surface area (TPSA) is 25.8 Å². The molecule has 0 saturated heterocycles. The molecule has 0 bridgehead atoms. The summed E-state index contributed by atoms with van der Waals surface area (Å²) in [4.78, 5) is 8.44. The van der Waals surface area contributed by atoms with Gasteiger partial charge in [-0.15, -0.1) is 0 Å². The van der Waals surface area contributed by atoms with Crippen LogP contribution in [0.4, 0.5) is 0 Å². The number of hydrogen-bond donors (Lipinski definition) is 0. The van der Waals surface area contributed by atoms with Crippen molar-refractivity contribution in [2.45, 2.75) is 336 Å². The third kappa shape index (κ3) is 49.4. The molecule has 0 unspecified atom stereocenters. The molecule has 91 heavy (non-hydrogen) atoms. The Hall–Kier alpha value is 1.25. The summed E-state index contributed by atoms with van der Waals surface area (Å²) in [5.41, 5.74) is 0. The summed E-state index contributed by atoms with van der Waals surface area (Å²) in [6.45, 7) is 60.1. The Morgan fingerprint density at radius 3 is 0.418 bits per heavy atom. The van der Waals surface area contributed by atoms with Gasteiger partial charge >= 0.3 is 0 Å². The maximum atomic E-state index is 5.63. The number of aromatic nitrogens is 2. The molecule has 17 heteroatoms. The SMILES string of the molecule is CCCC[N+](CCCC)(CCCC)CCCC.CCCC[N+](CCCC)(CCCC)CCCC.CCCC[N+](CCCC)(CCCC)CCCC.CCCC[N+](CCCC)(CCCC)CCCC.[Ni].[S-]c1c(Cl)nc(Cl)c(Cl)c1[S-].[S-]c1c(Cl)nc(Cl)c(Cl)c1[S-]. The minimum atomic E-state index is 0. The molecule has 0 saturated carbocycles. The Balaban J connectivity index is -0.000000327. The molecule has 0 aromatic carbocycles.